The largest absolute Gasteiger partial charge is 0.480 e. The second kappa shape index (κ2) is 7.75. The van der Waals surface area contributed by atoms with Gasteiger partial charge in [0.25, 0.3) is 0 Å². The van der Waals surface area contributed by atoms with Gasteiger partial charge >= 0.3 is 5.97 Å². The molecule has 0 spiro atoms. The predicted molar refractivity (Wildman–Crippen MR) is 94.9 cm³/mol. The predicted octanol–water partition coefficient (Wildman–Crippen LogP) is 4.35. The standard InChI is InChI=1S/C18H20Cl2O5/c1-3-5-18(6-4-10(2)21)8-11-7-12(25-9-13(22)23)15(19)16(20)14(11)17(18)24/h7H,3-6,8-9H2,1-2H3,(H,22,23). The minimum atomic E-state index is -1.13. The number of carboxylic acids is 1. The molecule has 0 saturated carbocycles. The fourth-order valence-electron chi connectivity index (χ4n) is 3.41. The number of hydrogen-bond acceptors (Lipinski definition) is 4. The first-order valence-corrected chi connectivity index (χ1v) is 8.87. The maximum atomic E-state index is 13.1. The average molecular weight is 387 g/mol. The van der Waals surface area contributed by atoms with E-state index >= 15 is 0 Å². The summed E-state index contributed by atoms with van der Waals surface area (Å²) in [5.41, 5.74) is 0.393. The Morgan fingerprint density at radius 1 is 1.28 bits per heavy atom. The average Bonchev–Trinajstić information content (AvgIpc) is 2.80. The Balaban J connectivity index is 2.42. The van der Waals surface area contributed by atoms with Crippen molar-refractivity contribution in [2.24, 2.45) is 5.41 Å². The number of rotatable bonds is 8. The van der Waals surface area contributed by atoms with Crippen molar-refractivity contribution in [1.82, 2.24) is 0 Å². The molecule has 0 radical (unpaired) electrons. The van der Waals surface area contributed by atoms with E-state index in [0.29, 0.717) is 36.8 Å². The van der Waals surface area contributed by atoms with Gasteiger partial charge in [0.05, 0.1) is 5.02 Å². The number of aliphatic carboxylic acids is 1. The zero-order valence-electron chi connectivity index (χ0n) is 14.2. The Bertz CT molecular complexity index is 729. The van der Waals surface area contributed by atoms with E-state index < -0.39 is 18.0 Å². The molecule has 136 valence electrons. The molecule has 1 aromatic carbocycles. The Kier molecular flexibility index (Phi) is 6.12. The van der Waals surface area contributed by atoms with E-state index in [4.69, 9.17) is 33.0 Å². The molecule has 0 amide bonds. The minimum absolute atomic E-state index is 0.0360. The number of benzene rings is 1. The number of halogens is 2. The lowest BCUT2D eigenvalue weighted by atomic mass is 9.75. The fourth-order valence-corrected chi connectivity index (χ4v) is 3.92. The van der Waals surface area contributed by atoms with Crippen molar-refractivity contribution in [1.29, 1.82) is 0 Å². The number of fused-ring (bicyclic) bond motifs is 1. The van der Waals surface area contributed by atoms with Crippen LogP contribution < -0.4 is 4.74 Å². The highest BCUT2D eigenvalue weighted by atomic mass is 35.5. The molecule has 1 N–H and O–H groups in total. The number of carbonyl (C=O) groups is 3. The maximum absolute atomic E-state index is 13.1. The van der Waals surface area contributed by atoms with E-state index in [0.717, 1.165) is 6.42 Å². The van der Waals surface area contributed by atoms with Gasteiger partial charge in [-0.2, -0.15) is 0 Å². The molecule has 1 aliphatic carbocycles. The lowest BCUT2D eigenvalue weighted by Gasteiger charge is -2.26. The summed E-state index contributed by atoms with van der Waals surface area (Å²) in [6.45, 7) is 2.95. The molecule has 5 nitrogen and oxygen atoms in total. The lowest BCUT2D eigenvalue weighted by Crippen LogP contribution is -2.28. The van der Waals surface area contributed by atoms with Crippen LogP contribution in [0.1, 0.15) is 55.5 Å². The van der Waals surface area contributed by atoms with Crippen LogP contribution in [0.25, 0.3) is 0 Å². The third-order valence-electron chi connectivity index (χ3n) is 4.53. The van der Waals surface area contributed by atoms with Crippen molar-refractivity contribution in [2.75, 3.05) is 6.61 Å². The molecule has 0 aromatic heterocycles. The summed E-state index contributed by atoms with van der Waals surface area (Å²) < 4.78 is 5.18. The number of carbonyl (C=O) groups excluding carboxylic acids is 2. The van der Waals surface area contributed by atoms with Crippen LogP contribution in [0.15, 0.2) is 6.07 Å². The number of carboxylic acid groups (broad SMARTS) is 1. The summed E-state index contributed by atoms with van der Waals surface area (Å²) in [6, 6.07) is 1.59. The van der Waals surface area contributed by atoms with Crippen LogP contribution in [0.3, 0.4) is 0 Å². The van der Waals surface area contributed by atoms with E-state index in [1.165, 1.54) is 6.92 Å². The zero-order chi connectivity index (χ0) is 18.8. The molecule has 0 aliphatic heterocycles. The van der Waals surface area contributed by atoms with Crippen molar-refractivity contribution in [3.63, 3.8) is 0 Å². The van der Waals surface area contributed by atoms with E-state index in [-0.39, 0.29) is 27.4 Å². The van der Waals surface area contributed by atoms with Gasteiger partial charge in [0.1, 0.15) is 16.6 Å². The lowest BCUT2D eigenvalue weighted by molar-refractivity contribution is -0.139. The van der Waals surface area contributed by atoms with Crippen LogP contribution in [0.2, 0.25) is 10.0 Å². The molecule has 1 aliphatic rings. The smallest absolute Gasteiger partial charge is 0.341 e. The van der Waals surface area contributed by atoms with Crippen molar-refractivity contribution >= 4 is 40.7 Å². The van der Waals surface area contributed by atoms with Crippen molar-refractivity contribution in [3.05, 3.63) is 27.2 Å². The van der Waals surface area contributed by atoms with Gasteiger partial charge in [0.2, 0.25) is 0 Å². The van der Waals surface area contributed by atoms with Gasteiger partial charge in [-0.3, -0.25) is 4.79 Å². The minimum Gasteiger partial charge on any atom is -0.480 e. The van der Waals surface area contributed by atoms with Crippen molar-refractivity contribution < 1.29 is 24.2 Å². The van der Waals surface area contributed by atoms with Crippen LogP contribution >= 0.6 is 23.2 Å². The first-order valence-electron chi connectivity index (χ1n) is 8.11. The molecule has 2 rings (SSSR count). The molecule has 7 heteroatoms. The molecule has 25 heavy (non-hydrogen) atoms. The Labute approximate surface area is 156 Å². The molecule has 0 saturated heterocycles. The molecular weight excluding hydrogens is 367 g/mol. The fraction of sp³-hybridized carbons (Fsp3) is 0.500. The van der Waals surface area contributed by atoms with Crippen LogP contribution in [0.4, 0.5) is 0 Å². The highest BCUT2D eigenvalue weighted by Crippen LogP contribution is 2.49. The van der Waals surface area contributed by atoms with E-state index in [1.54, 1.807) is 6.07 Å². The summed E-state index contributed by atoms with van der Waals surface area (Å²) in [4.78, 5) is 35.2. The van der Waals surface area contributed by atoms with Crippen LogP contribution in [0.5, 0.6) is 5.75 Å². The monoisotopic (exact) mass is 386 g/mol. The van der Waals surface area contributed by atoms with Gasteiger partial charge in [0, 0.05) is 17.4 Å². The quantitative estimate of drug-likeness (QED) is 0.717. The van der Waals surface area contributed by atoms with E-state index in [1.807, 2.05) is 6.92 Å². The Morgan fingerprint density at radius 3 is 2.52 bits per heavy atom. The Morgan fingerprint density at radius 2 is 1.96 bits per heavy atom. The van der Waals surface area contributed by atoms with E-state index in [2.05, 4.69) is 0 Å². The number of ketones is 2. The van der Waals surface area contributed by atoms with Gasteiger partial charge in [-0.15, -0.1) is 0 Å². The zero-order valence-corrected chi connectivity index (χ0v) is 15.7. The van der Waals surface area contributed by atoms with Gasteiger partial charge in [-0.25, -0.2) is 4.79 Å². The normalized spacial score (nSPS) is 19.0. The number of Topliss-reactive ketones (excluding diaryl/α,β-unsaturated/α-hetero) is 2. The Hall–Kier alpha value is -1.59. The molecular formula is C18H20Cl2O5. The summed E-state index contributed by atoms with van der Waals surface area (Å²) in [5.74, 6) is -1.04. The first-order chi connectivity index (χ1) is 11.7. The summed E-state index contributed by atoms with van der Waals surface area (Å²) >= 11 is 12.5. The van der Waals surface area contributed by atoms with Crippen molar-refractivity contribution in [3.8, 4) is 5.75 Å². The van der Waals surface area contributed by atoms with E-state index in [9.17, 15) is 14.4 Å². The molecule has 0 heterocycles. The second-order valence-electron chi connectivity index (χ2n) is 6.46. The summed E-state index contributed by atoms with van der Waals surface area (Å²) in [5, 5.41) is 8.88. The third kappa shape index (κ3) is 3.98. The summed E-state index contributed by atoms with van der Waals surface area (Å²) in [6.07, 6.45) is 2.68. The topological polar surface area (TPSA) is 80.7 Å². The van der Waals surface area contributed by atoms with Gasteiger partial charge in [-0.1, -0.05) is 36.5 Å². The van der Waals surface area contributed by atoms with Crippen LogP contribution in [0, 0.1) is 5.41 Å². The summed E-state index contributed by atoms with van der Waals surface area (Å²) in [7, 11) is 0. The van der Waals surface area contributed by atoms with Crippen LogP contribution in [-0.4, -0.2) is 29.2 Å². The second-order valence-corrected chi connectivity index (χ2v) is 7.21. The molecule has 0 bridgehead atoms. The van der Waals surface area contributed by atoms with Gasteiger partial charge in [-0.05, 0) is 37.8 Å². The van der Waals surface area contributed by atoms with Gasteiger partial charge in [0.15, 0.2) is 12.4 Å². The van der Waals surface area contributed by atoms with Gasteiger partial charge < -0.3 is 14.6 Å². The number of ether oxygens (including phenoxy) is 1. The SMILES string of the molecule is CCCC1(CCC(C)=O)Cc2cc(OCC(=O)O)c(Cl)c(Cl)c2C1=O. The highest BCUT2D eigenvalue weighted by molar-refractivity contribution is 6.45. The third-order valence-corrected chi connectivity index (χ3v) is 5.38. The maximum Gasteiger partial charge on any atom is 0.341 e. The molecule has 1 aromatic rings. The molecule has 1 atom stereocenters. The molecule has 1 unspecified atom stereocenters. The van der Waals surface area contributed by atoms with Crippen molar-refractivity contribution in [2.45, 2.75) is 46.0 Å². The first kappa shape index (κ1) is 19.7. The number of hydrogen-bond donors (Lipinski definition) is 1. The highest BCUT2D eigenvalue weighted by Gasteiger charge is 2.46. The molecule has 0 fully saturated rings. The van der Waals surface area contributed by atoms with Crippen LogP contribution in [-0.2, 0) is 16.0 Å².